The molecule has 0 bridgehead atoms. The predicted molar refractivity (Wildman–Crippen MR) is 144 cm³/mol. The van der Waals surface area contributed by atoms with E-state index in [-0.39, 0.29) is 6.04 Å². The van der Waals surface area contributed by atoms with E-state index in [1.165, 1.54) is 16.7 Å². The lowest BCUT2D eigenvalue weighted by atomic mass is 9.98. The number of benzene rings is 2. The Hall–Kier alpha value is -3.46. The van der Waals surface area contributed by atoms with Gasteiger partial charge in [-0.05, 0) is 54.6 Å². The van der Waals surface area contributed by atoms with E-state index in [0.717, 1.165) is 30.6 Å². The van der Waals surface area contributed by atoms with E-state index in [1.54, 1.807) is 6.20 Å². The average Bonchev–Trinajstić information content (AvgIpc) is 3.37. The first-order valence-corrected chi connectivity index (χ1v) is 11.9. The molecule has 0 amide bonds. The summed E-state index contributed by atoms with van der Waals surface area (Å²) in [6.07, 6.45) is 13.4. The summed E-state index contributed by atoms with van der Waals surface area (Å²) in [4.78, 5) is 6.13. The van der Waals surface area contributed by atoms with E-state index in [1.807, 2.05) is 25.4 Å². The van der Waals surface area contributed by atoms with Crippen LogP contribution >= 0.6 is 0 Å². The molecule has 1 aromatic heterocycles. The number of nitrogens with zero attached hydrogens (tertiary/aromatic N) is 2. The van der Waals surface area contributed by atoms with Crippen LogP contribution in [0.3, 0.4) is 0 Å². The number of rotatable bonds is 8. The first-order valence-electron chi connectivity index (χ1n) is 11.9. The fraction of sp³-hybridized carbons (Fsp3) is 0.300. The van der Waals surface area contributed by atoms with Crippen LogP contribution in [0.1, 0.15) is 41.1 Å². The second-order valence-corrected chi connectivity index (χ2v) is 8.34. The molecule has 4 nitrogen and oxygen atoms in total. The Morgan fingerprint density at radius 1 is 1.09 bits per heavy atom. The minimum absolute atomic E-state index is 0.239. The van der Waals surface area contributed by atoms with Gasteiger partial charge in [-0.15, -0.1) is 12.8 Å². The third-order valence-electron chi connectivity index (χ3n) is 5.97. The number of aryl methyl sites for hydroxylation is 1. The molecule has 184 valence electrons. The summed E-state index contributed by atoms with van der Waals surface area (Å²) >= 11 is 0. The van der Waals surface area contributed by atoms with Gasteiger partial charge in [-0.3, -0.25) is 4.98 Å². The Bertz CT molecular complexity index is 1000. The quantitative estimate of drug-likeness (QED) is 0.438. The van der Waals surface area contributed by atoms with Crippen LogP contribution in [0.25, 0.3) is 0 Å². The zero-order valence-electron chi connectivity index (χ0n) is 20.6. The summed E-state index contributed by atoms with van der Waals surface area (Å²) in [5.74, 6) is 0. The Kier molecular flexibility index (Phi) is 12.3. The summed E-state index contributed by atoms with van der Waals surface area (Å²) in [6.45, 7) is 5.95. The van der Waals surface area contributed by atoms with Crippen LogP contribution < -0.4 is 11.1 Å². The van der Waals surface area contributed by atoms with Crippen LogP contribution in [0.15, 0.2) is 91.4 Å². The zero-order valence-corrected chi connectivity index (χ0v) is 20.6. The highest BCUT2D eigenvalue weighted by Crippen LogP contribution is 2.22. The van der Waals surface area contributed by atoms with Gasteiger partial charge >= 0.3 is 0 Å². The third-order valence-corrected chi connectivity index (χ3v) is 5.97. The van der Waals surface area contributed by atoms with Crippen molar-refractivity contribution < 1.29 is 4.39 Å². The van der Waals surface area contributed by atoms with E-state index in [0.29, 0.717) is 19.5 Å². The molecule has 0 spiro atoms. The maximum atomic E-state index is 13.0. The highest BCUT2D eigenvalue weighted by atomic mass is 19.1. The molecular weight excluding hydrogens is 435 g/mol. The predicted octanol–water partition coefficient (Wildman–Crippen LogP) is 5.28. The standard InChI is InChI=1S/C15H18N2.C13H17FN2.C2H2/c1-17-15(13-5-3-2-4-6-13)14-9-7-12(11-16)8-10-14;1-11(16-8-6-13(14)10-16)4-5-12-3-2-7-15-9-12;1-2/h2-10,15,17H,11,16H2,1H3;2-3,7,9,13H,1,4-6,8,10H2;1-2H. The number of alkyl halides is 1. The molecule has 1 aliphatic rings. The van der Waals surface area contributed by atoms with Crippen LogP contribution in [-0.2, 0) is 13.0 Å². The SMILES string of the molecule is C#C.C=C(CCc1cccnc1)N1CCC(F)C1.CNC(c1ccccc1)c1ccc(CN)cc1. The van der Waals surface area contributed by atoms with Crippen LogP contribution in [0.5, 0.6) is 0 Å². The Balaban J connectivity index is 0.000000231. The van der Waals surface area contributed by atoms with E-state index in [2.05, 4.69) is 89.2 Å². The molecule has 2 unspecified atom stereocenters. The van der Waals surface area contributed by atoms with Crippen molar-refractivity contribution >= 4 is 0 Å². The molecule has 0 saturated carbocycles. The summed E-state index contributed by atoms with van der Waals surface area (Å²) in [6, 6.07) is 23.1. The lowest BCUT2D eigenvalue weighted by Gasteiger charge is -2.20. The number of hydrogen-bond acceptors (Lipinski definition) is 4. The highest BCUT2D eigenvalue weighted by molar-refractivity contribution is 5.33. The first kappa shape index (κ1) is 27.8. The molecule has 2 heterocycles. The van der Waals surface area contributed by atoms with Gasteiger partial charge in [0, 0.05) is 37.7 Å². The van der Waals surface area contributed by atoms with Crippen molar-refractivity contribution in [1.29, 1.82) is 0 Å². The van der Waals surface area contributed by atoms with Crippen molar-refractivity contribution in [3.05, 3.63) is 114 Å². The molecule has 2 aromatic carbocycles. The van der Waals surface area contributed by atoms with Crippen molar-refractivity contribution in [1.82, 2.24) is 15.2 Å². The van der Waals surface area contributed by atoms with Gasteiger partial charge in [0.05, 0.1) is 6.04 Å². The molecule has 1 saturated heterocycles. The van der Waals surface area contributed by atoms with Crippen molar-refractivity contribution in [2.24, 2.45) is 5.73 Å². The molecule has 0 radical (unpaired) electrons. The summed E-state index contributed by atoms with van der Waals surface area (Å²) < 4.78 is 13.0. The number of halogens is 1. The molecule has 4 rings (SSSR count). The van der Waals surface area contributed by atoms with Gasteiger partial charge in [0.2, 0.25) is 0 Å². The lowest BCUT2D eigenvalue weighted by molar-refractivity contribution is 0.320. The van der Waals surface area contributed by atoms with Crippen molar-refractivity contribution in [2.45, 2.75) is 38.0 Å². The molecule has 3 aromatic rings. The van der Waals surface area contributed by atoms with Gasteiger partial charge in [-0.2, -0.15) is 0 Å². The van der Waals surface area contributed by atoms with Gasteiger partial charge in [0.15, 0.2) is 0 Å². The normalized spacial score (nSPS) is 15.2. The van der Waals surface area contributed by atoms with Crippen molar-refractivity contribution in [3.8, 4) is 12.8 Å². The topological polar surface area (TPSA) is 54.2 Å². The number of likely N-dealkylation sites (tertiary alicyclic amines) is 1. The number of nitrogens with one attached hydrogen (secondary N) is 1. The molecule has 5 heteroatoms. The second kappa shape index (κ2) is 15.4. The van der Waals surface area contributed by atoms with E-state index in [4.69, 9.17) is 5.73 Å². The Morgan fingerprint density at radius 3 is 2.31 bits per heavy atom. The molecule has 35 heavy (non-hydrogen) atoms. The first-order chi connectivity index (χ1) is 17.1. The number of allylic oxidation sites excluding steroid dienone is 1. The van der Waals surface area contributed by atoms with Crippen molar-refractivity contribution in [2.75, 3.05) is 20.1 Å². The van der Waals surface area contributed by atoms with E-state index in [9.17, 15) is 4.39 Å². The van der Waals surface area contributed by atoms with Crippen LogP contribution in [0, 0.1) is 12.8 Å². The van der Waals surface area contributed by atoms with Crippen LogP contribution in [0.4, 0.5) is 4.39 Å². The Labute approximate surface area is 210 Å². The van der Waals surface area contributed by atoms with Crippen LogP contribution in [0.2, 0.25) is 0 Å². The number of hydrogen-bond donors (Lipinski definition) is 2. The molecule has 2 atom stereocenters. The van der Waals surface area contributed by atoms with Gasteiger partial charge in [-0.1, -0.05) is 67.2 Å². The number of pyridine rings is 1. The number of nitrogens with two attached hydrogens (primary N) is 1. The largest absolute Gasteiger partial charge is 0.372 e. The molecule has 1 fully saturated rings. The smallest absolute Gasteiger partial charge is 0.119 e. The minimum atomic E-state index is -0.671. The fourth-order valence-corrected chi connectivity index (χ4v) is 4.02. The molecule has 1 aliphatic heterocycles. The van der Waals surface area contributed by atoms with Gasteiger partial charge in [0.25, 0.3) is 0 Å². The van der Waals surface area contributed by atoms with Crippen molar-refractivity contribution in [3.63, 3.8) is 0 Å². The molecule has 3 N–H and O–H groups in total. The van der Waals surface area contributed by atoms with Gasteiger partial charge in [0.1, 0.15) is 6.17 Å². The zero-order chi connectivity index (χ0) is 25.5. The average molecular weight is 473 g/mol. The fourth-order valence-electron chi connectivity index (χ4n) is 4.02. The van der Waals surface area contributed by atoms with Gasteiger partial charge in [-0.25, -0.2) is 4.39 Å². The molecular formula is C30H37FN4. The Morgan fingerprint density at radius 2 is 1.77 bits per heavy atom. The van der Waals surface area contributed by atoms with E-state index < -0.39 is 6.17 Å². The van der Waals surface area contributed by atoms with Gasteiger partial charge < -0.3 is 16.0 Å². The molecule has 0 aliphatic carbocycles. The van der Waals surface area contributed by atoms with Crippen LogP contribution in [-0.4, -0.2) is 36.2 Å². The lowest BCUT2D eigenvalue weighted by Crippen LogP contribution is -2.20. The summed E-state index contributed by atoms with van der Waals surface area (Å²) in [7, 11) is 1.98. The maximum Gasteiger partial charge on any atom is 0.119 e. The number of terminal acetylenes is 1. The monoisotopic (exact) mass is 472 g/mol. The van der Waals surface area contributed by atoms with E-state index >= 15 is 0 Å². The second-order valence-electron chi connectivity index (χ2n) is 8.34. The maximum absolute atomic E-state index is 13.0. The third kappa shape index (κ3) is 9.01. The summed E-state index contributed by atoms with van der Waals surface area (Å²) in [5, 5.41) is 3.34. The minimum Gasteiger partial charge on any atom is -0.372 e. The summed E-state index contributed by atoms with van der Waals surface area (Å²) in [5.41, 5.74) is 11.6. The highest BCUT2D eigenvalue weighted by Gasteiger charge is 2.22. The number of aromatic nitrogens is 1.